The number of hydrogen-bond acceptors (Lipinski definition) is 4. The van der Waals surface area contributed by atoms with Crippen LogP contribution >= 0.6 is 0 Å². The van der Waals surface area contributed by atoms with Crippen molar-refractivity contribution in [2.75, 3.05) is 27.2 Å². The molecule has 1 aromatic heterocycles. The van der Waals surface area contributed by atoms with Gasteiger partial charge in [0.15, 0.2) is 0 Å². The molecule has 1 aromatic carbocycles. The van der Waals surface area contributed by atoms with Gasteiger partial charge in [-0.05, 0) is 48.8 Å². The fourth-order valence-electron chi connectivity index (χ4n) is 5.30. The molecular formula is C28H39N3O4. The summed E-state index contributed by atoms with van der Waals surface area (Å²) in [5.74, 6) is -0.525. The van der Waals surface area contributed by atoms with Crippen LogP contribution in [0.1, 0.15) is 95.6 Å². The lowest BCUT2D eigenvalue weighted by Gasteiger charge is -2.36. The Labute approximate surface area is 208 Å². The van der Waals surface area contributed by atoms with Crippen molar-refractivity contribution in [2.24, 2.45) is 0 Å². The van der Waals surface area contributed by atoms with Crippen molar-refractivity contribution in [1.29, 1.82) is 0 Å². The fourth-order valence-corrected chi connectivity index (χ4v) is 5.30. The Hall–Kier alpha value is -3.09. The summed E-state index contributed by atoms with van der Waals surface area (Å²) in [6, 6.07) is 8.73. The van der Waals surface area contributed by atoms with Crippen molar-refractivity contribution in [3.63, 3.8) is 0 Å². The van der Waals surface area contributed by atoms with Gasteiger partial charge in [0.05, 0.1) is 19.2 Å². The summed E-state index contributed by atoms with van der Waals surface area (Å²) in [5, 5.41) is 2.65. The number of likely N-dealkylation sites (N-methyl/N-ethyl adjacent to an activating group) is 1. The Morgan fingerprint density at radius 2 is 1.77 bits per heavy atom. The number of H-pyrrole nitrogens is 1. The first-order chi connectivity index (χ1) is 16.7. The van der Waals surface area contributed by atoms with Crippen molar-refractivity contribution in [3.8, 4) is 0 Å². The Bertz CT molecular complexity index is 1060. The molecule has 0 unspecified atom stereocenters. The number of amides is 2. The van der Waals surface area contributed by atoms with Gasteiger partial charge in [-0.15, -0.1) is 0 Å². The minimum Gasteiger partial charge on any atom is -0.465 e. The van der Waals surface area contributed by atoms with E-state index in [0.29, 0.717) is 41.4 Å². The van der Waals surface area contributed by atoms with Crippen LogP contribution in [0, 0.1) is 6.92 Å². The molecule has 0 bridgehead atoms. The molecule has 3 rings (SSSR count). The molecule has 1 aliphatic rings. The van der Waals surface area contributed by atoms with E-state index in [1.807, 2.05) is 6.92 Å². The highest BCUT2D eigenvalue weighted by Gasteiger charge is 2.40. The zero-order valence-electron chi connectivity index (χ0n) is 21.9. The average molecular weight is 482 g/mol. The van der Waals surface area contributed by atoms with Crippen molar-refractivity contribution in [1.82, 2.24) is 15.2 Å². The molecule has 1 heterocycles. The molecule has 0 aliphatic heterocycles. The van der Waals surface area contributed by atoms with Crippen LogP contribution in [-0.4, -0.2) is 54.9 Å². The first-order valence-corrected chi connectivity index (χ1v) is 12.6. The van der Waals surface area contributed by atoms with Gasteiger partial charge in [0.1, 0.15) is 5.69 Å². The molecule has 1 fully saturated rings. The lowest BCUT2D eigenvalue weighted by atomic mass is 9.77. The van der Waals surface area contributed by atoms with E-state index in [0.717, 1.165) is 25.7 Å². The predicted molar refractivity (Wildman–Crippen MR) is 137 cm³/mol. The van der Waals surface area contributed by atoms with Gasteiger partial charge in [0.25, 0.3) is 5.91 Å². The molecule has 0 spiro atoms. The third kappa shape index (κ3) is 5.44. The van der Waals surface area contributed by atoms with Crippen LogP contribution in [0.25, 0.3) is 0 Å². The normalized spacial score (nSPS) is 14.7. The maximum Gasteiger partial charge on any atom is 0.339 e. The smallest absolute Gasteiger partial charge is 0.339 e. The summed E-state index contributed by atoms with van der Waals surface area (Å²) < 4.78 is 4.95. The van der Waals surface area contributed by atoms with E-state index in [1.54, 1.807) is 18.9 Å². The number of benzene rings is 1. The van der Waals surface area contributed by atoms with Crippen LogP contribution in [0.2, 0.25) is 0 Å². The van der Waals surface area contributed by atoms with Crippen molar-refractivity contribution < 1.29 is 19.1 Å². The maximum absolute atomic E-state index is 13.9. The number of ether oxygens (including phenoxy) is 1. The van der Waals surface area contributed by atoms with Crippen LogP contribution in [0.3, 0.4) is 0 Å². The number of nitrogens with one attached hydrogen (secondary N) is 2. The summed E-state index contributed by atoms with van der Waals surface area (Å²) in [6.07, 6.45) is 4.65. The average Bonchev–Trinajstić information content (AvgIpc) is 3.47. The van der Waals surface area contributed by atoms with Crippen LogP contribution in [0.5, 0.6) is 0 Å². The lowest BCUT2D eigenvalue weighted by Crippen LogP contribution is -2.47. The minimum atomic E-state index is -0.468. The van der Waals surface area contributed by atoms with Crippen LogP contribution in [-0.2, 0) is 21.4 Å². The number of aromatic nitrogens is 1. The van der Waals surface area contributed by atoms with Crippen molar-refractivity contribution >= 4 is 17.8 Å². The quantitative estimate of drug-likeness (QED) is 0.516. The zero-order chi connectivity index (χ0) is 25.8. The van der Waals surface area contributed by atoms with E-state index < -0.39 is 5.97 Å². The maximum atomic E-state index is 13.9. The largest absolute Gasteiger partial charge is 0.465 e. The number of hydrogen-bond donors (Lipinski definition) is 2. The Kier molecular flexibility index (Phi) is 8.41. The van der Waals surface area contributed by atoms with E-state index in [2.05, 4.69) is 48.4 Å². The van der Waals surface area contributed by atoms with Crippen LogP contribution in [0.4, 0.5) is 0 Å². The standard InChI is InChI=1S/C28H39N3O4/c1-7-22-24(27(34)35-6)19(4)25(30-22)26(33)31(16-23(32)29-5)17-28(14-8-9-15-28)21-12-10-20(11-13-21)18(2)3/h10-13,18,30H,7-9,14-17H2,1-6H3,(H,29,32). The van der Waals surface area contributed by atoms with Crippen molar-refractivity contribution in [2.45, 2.75) is 71.1 Å². The molecule has 1 aliphatic carbocycles. The second-order valence-electron chi connectivity index (χ2n) is 9.92. The number of aromatic amines is 1. The van der Waals surface area contributed by atoms with Gasteiger partial charge in [0.2, 0.25) is 5.91 Å². The van der Waals surface area contributed by atoms with Gasteiger partial charge >= 0.3 is 5.97 Å². The highest BCUT2D eigenvalue weighted by Crippen LogP contribution is 2.42. The number of methoxy groups -OCH3 is 1. The Balaban J connectivity index is 2.01. The van der Waals surface area contributed by atoms with Gasteiger partial charge in [-0.1, -0.05) is 57.9 Å². The van der Waals surface area contributed by atoms with Gasteiger partial charge < -0.3 is 19.9 Å². The molecular weight excluding hydrogens is 442 g/mol. The molecule has 190 valence electrons. The molecule has 7 nitrogen and oxygen atoms in total. The zero-order valence-corrected chi connectivity index (χ0v) is 21.9. The van der Waals surface area contributed by atoms with Gasteiger partial charge in [-0.25, -0.2) is 4.79 Å². The van der Waals surface area contributed by atoms with Gasteiger partial charge in [-0.2, -0.15) is 0 Å². The highest BCUT2D eigenvalue weighted by molar-refractivity contribution is 6.01. The number of rotatable bonds is 9. The Morgan fingerprint density at radius 3 is 2.29 bits per heavy atom. The van der Waals surface area contributed by atoms with E-state index in [4.69, 9.17) is 4.74 Å². The first-order valence-electron chi connectivity index (χ1n) is 12.6. The second kappa shape index (κ2) is 11.1. The van der Waals surface area contributed by atoms with Crippen molar-refractivity contribution in [3.05, 3.63) is 57.9 Å². The summed E-state index contributed by atoms with van der Waals surface area (Å²) in [5.41, 5.74) is 4.25. The predicted octanol–water partition coefficient (Wildman–Crippen LogP) is 4.50. The fraction of sp³-hybridized carbons (Fsp3) is 0.536. The van der Waals surface area contributed by atoms with E-state index in [-0.39, 0.29) is 23.8 Å². The van der Waals surface area contributed by atoms with Gasteiger partial charge in [-0.3, -0.25) is 9.59 Å². The highest BCUT2D eigenvalue weighted by atomic mass is 16.5. The lowest BCUT2D eigenvalue weighted by molar-refractivity contribution is -0.121. The molecule has 2 N–H and O–H groups in total. The number of nitrogens with zero attached hydrogens (tertiary/aromatic N) is 1. The molecule has 2 amide bonds. The van der Waals surface area contributed by atoms with Gasteiger partial charge in [0, 0.05) is 24.7 Å². The van der Waals surface area contributed by atoms with Crippen LogP contribution in [0.15, 0.2) is 24.3 Å². The number of carbonyl (C=O) groups excluding carboxylic acids is 3. The number of esters is 1. The molecule has 0 saturated heterocycles. The molecule has 1 saturated carbocycles. The second-order valence-corrected chi connectivity index (χ2v) is 9.92. The summed E-state index contributed by atoms with van der Waals surface area (Å²) in [7, 11) is 2.91. The molecule has 2 aromatic rings. The minimum absolute atomic E-state index is 0.0470. The third-order valence-corrected chi connectivity index (χ3v) is 7.43. The SMILES string of the molecule is CCc1[nH]c(C(=O)N(CC(=O)NC)CC2(c3ccc(C(C)C)cc3)CCCC2)c(C)c1C(=O)OC. The molecule has 0 atom stereocenters. The first kappa shape index (κ1) is 26.5. The topological polar surface area (TPSA) is 91.5 Å². The summed E-state index contributed by atoms with van der Waals surface area (Å²) in [6.45, 7) is 8.42. The van der Waals surface area contributed by atoms with Crippen LogP contribution < -0.4 is 5.32 Å². The molecule has 0 radical (unpaired) electrons. The number of carbonyl (C=O) groups is 3. The van der Waals surface area contributed by atoms with E-state index in [9.17, 15) is 14.4 Å². The number of aryl methyl sites for hydroxylation is 1. The van der Waals surface area contributed by atoms with E-state index in [1.165, 1.54) is 18.2 Å². The molecule has 7 heteroatoms. The summed E-state index contributed by atoms with van der Waals surface area (Å²) >= 11 is 0. The van der Waals surface area contributed by atoms with E-state index >= 15 is 0 Å². The summed E-state index contributed by atoms with van der Waals surface area (Å²) in [4.78, 5) is 43.5. The third-order valence-electron chi connectivity index (χ3n) is 7.43. The molecule has 35 heavy (non-hydrogen) atoms. The monoisotopic (exact) mass is 481 g/mol. The Morgan fingerprint density at radius 1 is 1.14 bits per heavy atom.